The molecule has 1 unspecified atom stereocenters. The van der Waals surface area contributed by atoms with Gasteiger partial charge in [0.05, 0.1) is 0 Å². The van der Waals surface area contributed by atoms with Gasteiger partial charge in [0, 0.05) is 6.04 Å². The van der Waals surface area contributed by atoms with Crippen molar-refractivity contribution in [3.63, 3.8) is 0 Å². The maximum absolute atomic E-state index is 10.6. The summed E-state index contributed by atoms with van der Waals surface area (Å²) in [6.07, 6.45) is 16.0. The first-order valence-electron chi connectivity index (χ1n) is 8.12. The van der Waals surface area contributed by atoms with Crippen molar-refractivity contribution in [2.24, 2.45) is 0 Å². The van der Waals surface area contributed by atoms with Gasteiger partial charge in [-0.25, -0.2) is 0 Å². The fourth-order valence-corrected chi connectivity index (χ4v) is 2.57. The van der Waals surface area contributed by atoms with E-state index in [2.05, 4.69) is 12.2 Å². The van der Waals surface area contributed by atoms with Crippen molar-refractivity contribution in [1.82, 2.24) is 5.32 Å². The number of carbonyl (C=O) groups is 1. The third-order valence-corrected chi connectivity index (χ3v) is 3.71. The minimum Gasteiger partial charge on any atom is -0.340 e. The molecule has 1 atom stereocenters. The quantitative estimate of drug-likeness (QED) is 0.250. The van der Waals surface area contributed by atoms with Crippen molar-refractivity contribution in [2.45, 2.75) is 96.9 Å². The van der Waals surface area contributed by atoms with Crippen molar-refractivity contribution in [3.8, 4) is 0 Å². The largest absolute Gasteiger partial charge is 0.340 e. The van der Waals surface area contributed by atoms with Gasteiger partial charge >= 0.3 is 5.37 Å². The van der Waals surface area contributed by atoms with Crippen LogP contribution >= 0.6 is 11.6 Å². The Bertz CT molecular complexity index is 209. The van der Waals surface area contributed by atoms with Crippen LogP contribution in [-0.2, 0) is 0 Å². The standard InChI is InChI=1S/C16H32ClNO/c1-3-4-5-6-7-8-9-10-11-12-13-14-15(2)18-16(17)19/h15H,3-14H2,1-2H3,(H,18,19). The number of amides is 1. The van der Waals surface area contributed by atoms with Crippen LogP contribution in [0.1, 0.15) is 90.9 Å². The molecule has 19 heavy (non-hydrogen) atoms. The molecule has 1 amide bonds. The summed E-state index contributed by atoms with van der Waals surface area (Å²) in [5.74, 6) is 0. The predicted octanol–water partition coefficient (Wildman–Crippen LogP) is 6.02. The van der Waals surface area contributed by atoms with E-state index in [0.29, 0.717) is 0 Å². The number of nitrogens with one attached hydrogen (secondary N) is 1. The van der Waals surface area contributed by atoms with Crippen molar-refractivity contribution in [3.05, 3.63) is 0 Å². The van der Waals surface area contributed by atoms with Gasteiger partial charge in [-0.2, -0.15) is 0 Å². The van der Waals surface area contributed by atoms with Gasteiger partial charge in [-0.05, 0) is 24.9 Å². The van der Waals surface area contributed by atoms with Gasteiger partial charge in [0.15, 0.2) is 0 Å². The Kier molecular flexibility index (Phi) is 14.0. The molecule has 2 nitrogen and oxygen atoms in total. The molecule has 114 valence electrons. The lowest BCUT2D eigenvalue weighted by Crippen LogP contribution is -2.27. The Labute approximate surface area is 124 Å². The van der Waals surface area contributed by atoms with E-state index in [0.717, 1.165) is 6.42 Å². The van der Waals surface area contributed by atoms with Crippen LogP contribution in [0.3, 0.4) is 0 Å². The van der Waals surface area contributed by atoms with E-state index in [1.807, 2.05) is 6.92 Å². The lowest BCUT2D eigenvalue weighted by molar-refractivity contribution is 0.256. The van der Waals surface area contributed by atoms with Crippen LogP contribution in [0, 0.1) is 0 Å². The fraction of sp³-hybridized carbons (Fsp3) is 0.938. The first-order valence-corrected chi connectivity index (χ1v) is 8.50. The first-order chi connectivity index (χ1) is 9.16. The third kappa shape index (κ3) is 15.7. The molecule has 0 aliphatic heterocycles. The highest BCUT2D eigenvalue weighted by Gasteiger charge is 2.03. The van der Waals surface area contributed by atoms with Gasteiger partial charge < -0.3 is 5.32 Å². The van der Waals surface area contributed by atoms with Crippen LogP contribution < -0.4 is 5.32 Å². The number of hydrogen-bond donors (Lipinski definition) is 1. The van der Waals surface area contributed by atoms with Crippen molar-refractivity contribution in [2.75, 3.05) is 0 Å². The van der Waals surface area contributed by atoms with Gasteiger partial charge in [-0.15, -0.1) is 0 Å². The van der Waals surface area contributed by atoms with Crippen molar-refractivity contribution >= 4 is 17.0 Å². The number of carbonyl (C=O) groups excluding carboxylic acids is 1. The maximum Gasteiger partial charge on any atom is 0.313 e. The molecule has 0 saturated heterocycles. The molecular formula is C16H32ClNO. The van der Waals surface area contributed by atoms with E-state index in [-0.39, 0.29) is 6.04 Å². The molecule has 0 aliphatic carbocycles. The van der Waals surface area contributed by atoms with E-state index in [4.69, 9.17) is 11.6 Å². The summed E-state index contributed by atoms with van der Waals surface area (Å²) in [6, 6.07) is 0.212. The van der Waals surface area contributed by atoms with Crippen LogP contribution in [-0.4, -0.2) is 11.4 Å². The van der Waals surface area contributed by atoms with E-state index >= 15 is 0 Å². The summed E-state index contributed by atoms with van der Waals surface area (Å²) in [5, 5.41) is 2.27. The number of halogens is 1. The smallest absolute Gasteiger partial charge is 0.313 e. The van der Waals surface area contributed by atoms with Gasteiger partial charge in [-0.3, -0.25) is 4.79 Å². The number of unbranched alkanes of at least 4 members (excludes halogenated alkanes) is 10. The lowest BCUT2D eigenvalue weighted by Gasteiger charge is -2.10. The molecule has 0 bridgehead atoms. The molecule has 1 N–H and O–H groups in total. The molecule has 0 aromatic rings. The van der Waals surface area contributed by atoms with E-state index in [9.17, 15) is 4.79 Å². The molecular weight excluding hydrogens is 258 g/mol. The number of rotatable bonds is 13. The summed E-state index contributed by atoms with van der Waals surface area (Å²) in [4.78, 5) is 10.6. The minimum atomic E-state index is -0.435. The summed E-state index contributed by atoms with van der Waals surface area (Å²) >= 11 is 5.27. The Morgan fingerprint density at radius 1 is 0.895 bits per heavy atom. The average molecular weight is 290 g/mol. The minimum absolute atomic E-state index is 0.212. The van der Waals surface area contributed by atoms with Crippen LogP contribution in [0.2, 0.25) is 0 Å². The molecule has 0 radical (unpaired) electrons. The molecule has 0 heterocycles. The SMILES string of the molecule is CCCCCCCCCCCCCC(C)NC(=O)Cl. The molecule has 0 aromatic carbocycles. The molecule has 0 rings (SSSR count). The second kappa shape index (κ2) is 14.2. The summed E-state index contributed by atoms with van der Waals surface area (Å²) in [6.45, 7) is 4.27. The van der Waals surface area contributed by atoms with Crippen LogP contribution in [0.5, 0.6) is 0 Å². The second-order valence-electron chi connectivity index (χ2n) is 5.64. The molecule has 0 aliphatic rings. The summed E-state index contributed by atoms with van der Waals surface area (Å²) < 4.78 is 0. The normalized spacial score (nSPS) is 12.4. The molecule has 0 fully saturated rings. The second-order valence-corrected chi connectivity index (χ2v) is 5.99. The topological polar surface area (TPSA) is 29.1 Å². The van der Waals surface area contributed by atoms with Gasteiger partial charge in [-0.1, -0.05) is 77.6 Å². The zero-order chi connectivity index (χ0) is 14.3. The van der Waals surface area contributed by atoms with Crippen LogP contribution in [0.4, 0.5) is 4.79 Å². The highest BCUT2D eigenvalue weighted by molar-refractivity contribution is 6.62. The van der Waals surface area contributed by atoms with Gasteiger partial charge in [0.1, 0.15) is 0 Å². The monoisotopic (exact) mass is 289 g/mol. The summed E-state index contributed by atoms with van der Waals surface area (Å²) in [7, 11) is 0. The van der Waals surface area contributed by atoms with Gasteiger partial charge in [0.25, 0.3) is 0 Å². The van der Waals surface area contributed by atoms with E-state index < -0.39 is 5.37 Å². The van der Waals surface area contributed by atoms with E-state index in [1.54, 1.807) is 0 Å². The predicted molar refractivity (Wildman–Crippen MR) is 84.9 cm³/mol. The van der Waals surface area contributed by atoms with Gasteiger partial charge in [0.2, 0.25) is 0 Å². The third-order valence-electron chi connectivity index (χ3n) is 3.60. The molecule has 0 saturated carbocycles. The highest BCUT2D eigenvalue weighted by Crippen LogP contribution is 2.12. The zero-order valence-corrected chi connectivity index (χ0v) is 13.6. The average Bonchev–Trinajstić information content (AvgIpc) is 2.35. The summed E-state index contributed by atoms with van der Waals surface area (Å²) in [5.41, 5.74) is 0. The first kappa shape index (κ1) is 18.8. The Balaban J connectivity index is 3.08. The van der Waals surface area contributed by atoms with Crippen molar-refractivity contribution in [1.29, 1.82) is 0 Å². The van der Waals surface area contributed by atoms with Crippen molar-refractivity contribution < 1.29 is 4.79 Å². The zero-order valence-electron chi connectivity index (χ0n) is 12.8. The fourth-order valence-electron chi connectivity index (χ4n) is 2.38. The van der Waals surface area contributed by atoms with E-state index in [1.165, 1.54) is 70.6 Å². The Morgan fingerprint density at radius 2 is 1.32 bits per heavy atom. The van der Waals surface area contributed by atoms with Crippen LogP contribution in [0.25, 0.3) is 0 Å². The maximum atomic E-state index is 10.6. The molecule has 0 spiro atoms. The number of hydrogen-bond acceptors (Lipinski definition) is 1. The van der Waals surface area contributed by atoms with Crippen LogP contribution in [0.15, 0.2) is 0 Å². The Morgan fingerprint density at radius 3 is 1.74 bits per heavy atom. The highest BCUT2D eigenvalue weighted by atomic mass is 35.5. The lowest BCUT2D eigenvalue weighted by atomic mass is 10.0. The Hall–Kier alpha value is -0.240. The molecule has 3 heteroatoms. The molecule has 0 aromatic heterocycles.